The van der Waals surface area contributed by atoms with Gasteiger partial charge in [-0.1, -0.05) is 50.8 Å². The van der Waals surface area contributed by atoms with Gasteiger partial charge in [-0.15, -0.1) is 0 Å². The van der Waals surface area contributed by atoms with Crippen LogP contribution in [0.25, 0.3) is 0 Å². The molecule has 0 aromatic heterocycles. The maximum Gasteiger partial charge on any atom is 0.261 e. The van der Waals surface area contributed by atoms with Crippen LogP contribution in [-0.2, 0) is 4.79 Å². The number of benzene rings is 1. The van der Waals surface area contributed by atoms with Crippen molar-refractivity contribution in [2.45, 2.75) is 70.9 Å². The van der Waals surface area contributed by atoms with Crippen LogP contribution in [-0.4, -0.2) is 18.1 Å². The van der Waals surface area contributed by atoms with Gasteiger partial charge in [-0.2, -0.15) is 0 Å². The highest BCUT2D eigenvalue weighted by molar-refractivity contribution is 5.81. The van der Waals surface area contributed by atoms with Crippen molar-refractivity contribution < 1.29 is 9.53 Å². The van der Waals surface area contributed by atoms with Gasteiger partial charge in [0.25, 0.3) is 5.91 Å². The van der Waals surface area contributed by atoms with Crippen molar-refractivity contribution in [1.29, 1.82) is 0 Å². The average molecular weight is 289 g/mol. The highest BCUT2D eigenvalue weighted by atomic mass is 16.5. The number of carbonyl (C=O) groups excluding carboxylic acids is 1. The Kier molecular flexibility index (Phi) is 6.09. The highest BCUT2D eigenvalue weighted by Crippen LogP contribution is 2.20. The molecule has 1 fully saturated rings. The predicted molar refractivity (Wildman–Crippen MR) is 85.5 cm³/mol. The Labute approximate surface area is 128 Å². The molecule has 1 amide bonds. The highest BCUT2D eigenvalue weighted by Gasteiger charge is 2.22. The zero-order chi connectivity index (χ0) is 15.1. The number of rotatable bonds is 5. The summed E-state index contributed by atoms with van der Waals surface area (Å²) in [4.78, 5) is 12.4. The smallest absolute Gasteiger partial charge is 0.261 e. The van der Waals surface area contributed by atoms with Gasteiger partial charge in [0.05, 0.1) is 0 Å². The molecule has 0 radical (unpaired) electrons. The largest absolute Gasteiger partial charge is 0.480 e. The van der Waals surface area contributed by atoms with Crippen LogP contribution in [0.4, 0.5) is 0 Å². The third-order valence-corrected chi connectivity index (χ3v) is 4.23. The van der Waals surface area contributed by atoms with Gasteiger partial charge < -0.3 is 10.1 Å². The normalized spacial score (nSPS) is 17.8. The number of amides is 1. The van der Waals surface area contributed by atoms with E-state index in [1.54, 1.807) is 0 Å². The average Bonchev–Trinajstić information content (AvgIpc) is 2.75. The molecular formula is C18H27NO2. The van der Waals surface area contributed by atoms with Crippen molar-refractivity contribution in [3.63, 3.8) is 0 Å². The summed E-state index contributed by atoms with van der Waals surface area (Å²) in [6.07, 6.45) is 7.54. The molecule has 1 atom stereocenters. The van der Waals surface area contributed by atoms with Crippen LogP contribution in [0.2, 0.25) is 0 Å². The van der Waals surface area contributed by atoms with Crippen molar-refractivity contribution in [2.24, 2.45) is 0 Å². The van der Waals surface area contributed by atoms with Crippen molar-refractivity contribution in [1.82, 2.24) is 5.32 Å². The minimum absolute atomic E-state index is 0.0349. The molecule has 0 aliphatic heterocycles. The summed E-state index contributed by atoms with van der Waals surface area (Å²) in [6, 6.07) is 8.18. The summed E-state index contributed by atoms with van der Waals surface area (Å²) >= 11 is 0. The summed E-state index contributed by atoms with van der Waals surface area (Å²) in [5, 5.41) is 3.19. The number of hydrogen-bond acceptors (Lipinski definition) is 2. The van der Waals surface area contributed by atoms with Crippen LogP contribution in [0.1, 0.15) is 57.4 Å². The Bertz CT molecular complexity index is 450. The van der Waals surface area contributed by atoms with E-state index in [1.807, 2.05) is 38.1 Å². The van der Waals surface area contributed by atoms with Gasteiger partial charge in [0.2, 0.25) is 0 Å². The van der Waals surface area contributed by atoms with Crippen molar-refractivity contribution >= 4 is 5.91 Å². The Balaban J connectivity index is 1.93. The molecule has 1 N–H and O–H groups in total. The Morgan fingerprint density at radius 3 is 2.52 bits per heavy atom. The lowest BCUT2D eigenvalue weighted by Crippen LogP contribution is -2.43. The van der Waals surface area contributed by atoms with E-state index in [9.17, 15) is 4.79 Å². The van der Waals surface area contributed by atoms with E-state index < -0.39 is 6.10 Å². The number of aryl methyl sites for hydroxylation is 1. The van der Waals surface area contributed by atoms with Gasteiger partial charge in [0.1, 0.15) is 5.75 Å². The van der Waals surface area contributed by atoms with E-state index in [-0.39, 0.29) is 5.91 Å². The van der Waals surface area contributed by atoms with Crippen molar-refractivity contribution in [3.05, 3.63) is 29.8 Å². The molecule has 1 aromatic carbocycles. The Morgan fingerprint density at radius 1 is 1.24 bits per heavy atom. The van der Waals surface area contributed by atoms with Crippen LogP contribution in [0.3, 0.4) is 0 Å². The fourth-order valence-corrected chi connectivity index (χ4v) is 2.88. The van der Waals surface area contributed by atoms with Crippen LogP contribution in [0, 0.1) is 6.92 Å². The van der Waals surface area contributed by atoms with E-state index in [4.69, 9.17) is 4.74 Å². The van der Waals surface area contributed by atoms with Gasteiger partial charge in [-0.05, 0) is 37.8 Å². The van der Waals surface area contributed by atoms with Gasteiger partial charge in [-0.25, -0.2) is 0 Å². The maximum absolute atomic E-state index is 12.4. The fourth-order valence-electron chi connectivity index (χ4n) is 2.88. The molecule has 2 rings (SSSR count). The summed E-state index contributed by atoms with van der Waals surface area (Å²) in [5.74, 6) is 0.841. The minimum Gasteiger partial charge on any atom is -0.480 e. The predicted octanol–water partition coefficient (Wildman–Crippen LogP) is 3.99. The lowest BCUT2D eigenvalue weighted by Gasteiger charge is -2.22. The third kappa shape index (κ3) is 4.76. The zero-order valence-corrected chi connectivity index (χ0v) is 13.2. The van der Waals surface area contributed by atoms with Gasteiger partial charge in [0.15, 0.2) is 6.10 Å². The second-order valence-corrected chi connectivity index (χ2v) is 5.98. The van der Waals surface area contributed by atoms with Crippen molar-refractivity contribution in [3.8, 4) is 5.75 Å². The molecule has 0 heterocycles. The molecule has 0 spiro atoms. The van der Waals surface area contributed by atoms with Gasteiger partial charge >= 0.3 is 0 Å². The number of para-hydroxylation sites is 1. The molecule has 0 saturated heterocycles. The number of hydrogen-bond donors (Lipinski definition) is 1. The van der Waals surface area contributed by atoms with E-state index in [2.05, 4.69) is 5.32 Å². The molecule has 0 bridgehead atoms. The first-order valence-electron chi connectivity index (χ1n) is 8.23. The van der Waals surface area contributed by atoms with E-state index in [0.717, 1.165) is 24.2 Å². The quantitative estimate of drug-likeness (QED) is 0.832. The Morgan fingerprint density at radius 2 is 1.90 bits per heavy atom. The summed E-state index contributed by atoms with van der Waals surface area (Å²) in [6.45, 7) is 4.00. The van der Waals surface area contributed by atoms with Crippen LogP contribution in [0.15, 0.2) is 24.3 Å². The second kappa shape index (κ2) is 8.06. The molecule has 1 saturated carbocycles. The topological polar surface area (TPSA) is 38.3 Å². The number of carbonyl (C=O) groups is 1. The molecular weight excluding hydrogens is 262 g/mol. The van der Waals surface area contributed by atoms with E-state index in [1.165, 1.54) is 25.7 Å². The van der Waals surface area contributed by atoms with Crippen LogP contribution >= 0.6 is 0 Å². The fraction of sp³-hybridized carbons (Fsp3) is 0.611. The molecule has 1 aliphatic carbocycles. The Hall–Kier alpha value is -1.51. The van der Waals surface area contributed by atoms with Gasteiger partial charge in [0, 0.05) is 6.04 Å². The lowest BCUT2D eigenvalue weighted by atomic mass is 10.1. The summed E-state index contributed by atoms with van der Waals surface area (Å²) in [7, 11) is 0. The molecule has 0 unspecified atom stereocenters. The second-order valence-electron chi connectivity index (χ2n) is 5.98. The van der Waals surface area contributed by atoms with E-state index in [0.29, 0.717) is 12.5 Å². The third-order valence-electron chi connectivity index (χ3n) is 4.23. The zero-order valence-electron chi connectivity index (χ0n) is 13.2. The number of nitrogens with one attached hydrogen (secondary N) is 1. The van der Waals surface area contributed by atoms with Crippen molar-refractivity contribution in [2.75, 3.05) is 0 Å². The molecule has 3 heteroatoms. The first kappa shape index (κ1) is 15.9. The van der Waals surface area contributed by atoms with Gasteiger partial charge in [-0.3, -0.25) is 4.79 Å². The first-order chi connectivity index (χ1) is 10.2. The summed E-state index contributed by atoms with van der Waals surface area (Å²) in [5.41, 5.74) is 1.07. The SMILES string of the molecule is CC[C@H](Oc1ccccc1C)C(=O)NC1CCCCCC1. The van der Waals surface area contributed by atoms with E-state index >= 15 is 0 Å². The summed E-state index contributed by atoms with van der Waals surface area (Å²) < 4.78 is 5.92. The molecule has 116 valence electrons. The molecule has 1 aromatic rings. The van der Waals surface area contributed by atoms with Crippen LogP contribution < -0.4 is 10.1 Å². The minimum atomic E-state index is -0.394. The van der Waals surface area contributed by atoms with Crippen LogP contribution in [0.5, 0.6) is 5.75 Å². The first-order valence-corrected chi connectivity index (χ1v) is 8.23. The lowest BCUT2D eigenvalue weighted by molar-refractivity contribution is -0.128. The number of ether oxygens (including phenoxy) is 1. The molecule has 3 nitrogen and oxygen atoms in total. The standard InChI is InChI=1S/C18H27NO2/c1-3-16(21-17-13-9-8-10-14(17)2)18(20)19-15-11-6-4-5-7-12-15/h8-10,13,15-16H,3-7,11-12H2,1-2H3,(H,19,20)/t16-/m0/s1. The monoisotopic (exact) mass is 289 g/mol. The molecule has 21 heavy (non-hydrogen) atoms. The maximum atomic E-state index is 12.4. The molecule has 1 aliphatic rings.